The van der Waals surface area contributed by atoms with Crippen molar-refractivity contribution >= 4 is 0 Å². The highest BCUT2D eigenvalue weighted by atomic mass is 16.7. The fourth-order valence-electron chi connectivity index (χ4n) is 1.56. The van der Waals surface area contributed by atoms with Crippen LogP contribution in [-0.2, 0) is 14.2 Å². The number of rotatable bonds is 6. The molecular weight excluding hydrogens is 230 g/mol. The minimum atomic E-state index is -1.27. The molecular formula is C10H21NO6. The number of ether oxygens (including phenoxy) is 3. The molecule has 1 fully saturated rings. The van der Waals surface area contributed by atoms with Gasteiger partial charge in [0.15, 0.2) is 6.29 Å². The first kappa shape index (κ1) is 14.8. The summed E-state index contributed by atoms with van der Waals surface area (Å²) in [6.07, 6.45) is -5.20. The summed E-state index contributed by atoms with van der Waals surface area (Å²) < 4.78 is 15.5. The zero-order valence-corrected chi connectivity index (χ0v) is 9.86. The van der Waals surface area contributed by atoms with Gasteiger partial charge in [-0.15, -0.1) is 0 Å². The van der Waals surface area contributed by atoms with Crippen molar-refractivity contribution in [1.82, 2.24) is 0 Å². The molecule has 1 rings (SSSR count). The number of aliphatic hydroxyl groups excluding tert-OH is 3. The SMILES string of the molecule is C[C@@H]1O[C@@H](OCCOCCN)[C@H](O)[C@H](O)C1O. The average molecular weight is 251 g/mol. The van der Waals surface area contributed by atoms with Gasteiger partial charge < -0.3 is 35.3 Å². The van der Waals surface area contributed by atoms with Gasteiger partial charge in [0.05, 0.1) is 25.9 Å². The van der Waals surface area contributed by atoms with Crippen LogP contribution in [0.2, 0.25) is 0 Å². The van der Waals surface area contributed by atoms with Gasteiger partial charge in [0.25, 0.3) is 0 Å². The molecule has 0 aromatic rings. The quantitative estimate of drug-likeness (QED) is 0.396. The van der Waals surface area contributed by atoms with Crippen molar-refractivity contribution in [3.8, 4) is 0 Å². The van der Waals surface area contributed by atoms with Crippen LogP contribution in [0.25, 0.3) is 0 Å². The van der Waals surface area contributed by atoms with Gasteiger partial charge in [-0.3, -0.25) is 0 Å². The highest BCUT2D eigenvalue weighted by molar-refractivity contribution is 4.87. The van der Waals surface area contributed by atoms with E-state index in [2.05, 4.69) is 0 Å². The first-order valence-electron chi connectivity index (χ1n) is 5.67. The Bertz CT molecular complexity index is 217. The minimum absolute atomic E-state index is 0.220. The Morgan fingerprint density at radius 3 is 2.41 bits per heavy atom. The molecule has 7 nitrogen and oxygen atoms in total. The molecule has 0 aromatic carbocycles. The van der Waals surface area contributed by atoms with Crippen molar-refractivity contribution in [1.29, 1.82) is 0 Å². The minimum Gasteiger partial charge on any atom is -0.388 e. The van der Waals surface area contributed by atoms with Crippen LogP contribution >= 0.6 is 0 Å². The summed E-state index contributed by atoms with van der Waals surface area (Å²) in [6.45, 7) is 3.02. The number of nitrogens with two attached hydrogens (primary N) is 1. The fraction of sp³-hybridized carbons (Fsp3) is 1.00. The van der Waals surface area contributed by atoms with E-state index in [1.54, 1.807) is 6.92 Å². The van der Waals surface area contributed by atoms with E-state index in [1.807, 2.05) is 0 Å². The molecule has 5 N–H and O–H groups in total. The lowest BCUT2D eigenvalue weighted by Gasteiger charge is -2.38. The van der Waals surface area contributed by atoms with E-state index >= 15 is 0 Å². The molecule has 1 heterocycles. The molecule has 0 saturated carbocycles. The molecule has 0 bridgehead atoms. The summed E-state index contributed by atoms with van der Waals surface area (Å²) in [4.78, 5) is 0. The fourth-order valence-corrected chi connectivity index (χ4v) is 1.56. The van der Waals surface area contributed by atoms with Gasteiger partial charge in [-0.25, -0.2) is 0 Å². The topological polar surface area (TPSA) is 114 Å². The zero-order valence-electron chi connectivity index (χ0n) is 9.86. The first-order valence-corrected chi connectivity index (χ1v) is 5.67. The maximum absolute atomic E-state index is 9.61. The molecule has 7 heteroatoms. The van der Waals surface area contributed by atoms with Crippen LogP contribution in [0.15, 0.2) is 0 Å². The van der Waals surface area contributed by atoms with Crippen molar-refractivity contribution in [3.63, 3.8) is 0 Å². The summed E-state index contributed by atoms with van der Waals surface area (Å²) in [5.74, 6) is 0. The van der Waals surface area contributed by atoms with Crippen LogP contribution < -0.4 is 5.73 Å². The van der Waals surface area contributed by atoms with E-state index in [-0.39, 0.29) is 6.61 Å². The van der Waals surface area contributed by atoms with Gasteiger partial charge in [-0.1, -0.05) is 0 Å². The Morgan fingerprint density at radius 2 is 1.76 bits per heavy atom. The van der Waals surface area contributed by atoms with Crippen LogP contribution in [0, 0.1) is 0 Å². The van der Waals surface area contributed by atoms with E-state index in [0.717, 1.165) is 0 Å². The second-order valence-electron chi connectivity index (χ2n) is 3.95. The number of aliphatic hydroxyl groups is 3. The molecule has 0 spiro atoms. The maximum Gasteiger partial charge on any atom is 0.186 e. The molecule has 1 saturated heterocycles. The summed E-state index contributed by atoms with van der Waals surface area (Å²) >= 11 is 0. The van der Waals surface area contributed by atoms with Crippen LogP contribution in [0.1, 0.15) is 6.92 Å². The van der Waals surface area contributed by atoms with E-state index in [4.69, 9.17) is 19.9 Å². The largest absolute Gasteiger partial charge is 0.388 e. The molecule has 0 radical (unpaired) electrons. The highest BCUT2D eigenvalue weighted by Gasteiger charge is 2.42. The van der Waals surface area contributed by atoms with Gasteiger partial charge in [-0.2, -0.15) is 0 Å². The van der Waals surface area contributed by atoms with Crippen molar-refractivity contribution in [2.45, 2.75) is 37.6 Å². The molecule has 1 aliphatic heterocycles. The smallest absolute Gasteiger partial charge is 0.186 e. The van der Waals surface area contributed by atoms with Gasteiger partial charge in [-0.05, 0) is 6.92 Å². The normalized spacial score (nSPS) is 38.3. The highest BCUT2D eigenvalue weighted by Crippen LogP contribution is 2.21. The third-order valence-corrected chi connectivity index (χ3v) is 2.58. The molecule has 1 aliphatic rings. The summed E-state index contributed by atoms with van der Waals surface area (Å²) in [5.41, 5.74) is 5.24. The first-order chi connectivity index (χ1) is 8.07. The van der Waals surface area contributed by atoms with Crippen LogP contribution in [0.5, 0.6) is 0 Å². The molecule has 1 unspecified atom stereocenters. The van der Waals surface area contributed by atoms with Crippen LogP contribution in [0.4, 0.5) is 0 Å². The van der Waals surface area contributed by atoms with E-state index in [9.17, 15) is 15.3 Å². The van der Waals surface area contributed by atoms with Crippen molar-refractivity contribution < 1.29 is 29.5 Å². The molecule has 0 aromatic heterocycles. The molecule has 17 heavy (non-hydrogen) atoms. The lowest BCUT2D eigenvalue weighted by Crippen LogP contribution is -2.57. The average Bonchev–Trinajstić information content (AvgIpc) is 2.32. The van der Waals surface area contributed by atoms with Crippen LogP contribution in [-0.4, -0.2) is 72.4 Å². The maximum atomic E-state index is 9.61. The van der Waals surface area contributed by atoms with Gasteiger partial charge >= 0.3 is 0 Å². The zero-order chi connectivity index (χ0) is 12.8. The molecule has 5 atom stereocenters. The van der Waals surface area contributed by atoms with Crippen molar-refractivity contribution in [2.75, 3.05) is 26.4 Å². The van der Waals surface area contributed by atoms with Gasteiger partial charge in [0.1, 0.15) is 18.3 Å². The Kier molecular flexibility index (Phi) is 6.28. The Morgan fingerprint density at radius 1 is 1.06 bits per heavy atom. The van der Waals surface area contributed by atoms with Gasteiger partial charge in [0.2, 0.25) is 0 Å². The lowest BCUT2D eigenvalue weighted by atomic mass is 10.0. The number of hydrogen-bond acceptors (Lipinski definition) is 7. The Labute approximate surface area is 100 Å². The van der Waals surface area contributed by atoms with E-state index in [0.29, 0.717) is 19.8 Å². The second-order valence-corrected chi connectivity index (χ2v) is 3.95. The monoisotopic (exact) mass is 251 g/mol. The lowest BCUT2D eigenvalue weighted by molar-refractivity contribution is -0.294. The van der Waals surface area contributed by atoms with Gasteiger partial charge in [0, 0.05) is 6.54 Å². The predicted octanol–water partition coefficient (Wildman–Crippen LogP) is -2.19. The summed E-state index contributed by atoms with van der Waals surface area (Å²) in [5, 5.41) is 28.6. The number of hydrogen-bond donors (Lipinski definition) is 4. The summed E-state index contributed by atoms with van der Waals surface area (Å²) in [7, 11) is 0. The standard InChI is InChI=1S/C10H21NO6/c1-6-7(12)8(13)9(14)10(17-6)16-5-4-15-3-2-11/h6-10,12-14H,2-5,11H2,1H3/t6-,7?,8+,9+,10+/m0/s1. The summed E-state index contributed by atoms with van der Waals surface area (Å²) in [6, 6.07) is 0. The molecule has 102 valence electrons. The van der Waals surface area contributed by atoms with Crippen molar-refractivity contribution in [2.24, 2.45) is 5.73 Å². The third-order valence-electron chi connectivity index (χ3n) is 2.58. The van der Waals surface area contributed by atoms with E-state index in [1.165, 1.54) is 0 Å². The van der Waals surface area contributed by atoms with Crippen molar-refractivity contribution in [3.05, 3.63) is 0 Å². The third kappa shape index (κ3) is 4.14. The second kappa shape index (κ2) is 7.22. The predicted molar refractivity (Wildman–Crippen MR) is 58.2 cm³/mol. The Hall–Kier alpha value is -0.280. The van der Waals surface area contributed by atoms with Crippen LogP contribution in [0.3, 0.4) is 0 Å². The molecule has 0 aliphatic carbocycles. The van der Waals surface area contributed by atoms with E-state index < -0.39 is 30.7 Å². The molecule has 0 amide bonds. The Balaban J connectivity index is 2.28.